The minimum Gasteiger partial charge on any atom is -0.353 e. The molecular weight excluding hydrogens is 680 g/mol. The van der Waals surface area contributed by atoms with Crippen molar-refractivity contribution in [3.63, 3.8) is 0 Å². The number of benzene rings is 1. The van der Waals surface area contributed by atoms with E-state index in [1.807, 2.05) is 13.8 Å². The monoisotopic (exact) mass is 746 g/mol. The maximum atomic E-state index is 16.8. The van der Waals surface area contributed by atoms with Crippen LogP contribution in [0.15, 0.2) is 40.8 Å². The average molecular weight is 747 g/mol. The van der Waals surface area contributed by atoms with Gasteiger partial charge >= 0.3 is 0 Å². The number of rotatable bonds is 16. The summed E-state index contributed by atoms with van der Waals surface area (Å²) in [7, 11) is -3.98. The Kier molecular flexibility index (Phi) is 13.0. The Labute approximate surface area is 314 Å². The molecule has 5 aliphatic rings. The number of hydrogen-bond acceptors (Lipinski definition) is 7. The summed E-state index contributed by atoms with van der Waals surface area (Å²) in [4.78, 5) is 0.162. The lowest BCUT2D eigenvalue weighted by molar-refractivity contribution is -0.256. The molecule has 9 heteroatoms. The van der Waals surface area contributed by atoms with Gasteiger partial charge in [0.1, 0.15) is 11.8 Å². The zero-order valence-electron chi connectivity index (χ0n) is 32.9. The quantitative estimate of drug-likeness (QED) is 0.0947. The summed E-state index contributed by atoms with van der Waals surface area (Å²) in [5, 5.41) is 0. The van der Waals surface area contributed by atoms with E-state index in [0.717, 1.165) is 56.4 Å². The van der Waals surface area contributed by atoms with Crippen molar-refractivity contribution in [2.24, 2.45) is 40.4 Å². The first-order valence-corrected chi connectivity index (χ1v) is 22.0. The number of aryl methyl sites for hydroxylation is 1. The Hall–Kier alpha value is -1.36. The Morgan fingerprint density at radius 1 is 1.00 bits per heavy atom. The van der Waals surface area contributed by atoms with Gasteiger partial charge in [0.15, 0.2) is 12.6 Å². The normalized spacial score (nSPS) is 35.0. The van der Waals surface area contributed by atoms with Gasteiger partial charge in [0, 0.05) is 13.2 Å². The van der Waals surface area contributed by atoms with Crippen molar-refractivity contribution in [2.45, 2.75) is 161 Å². The van der Waals surface area contributed by atoms with Gasteiger partial charge in [-0.15, -0.1) is 0 Å². The Morgan fingerprint density at radius 2 is 1.79 bits per heavy atom. The summed E-state index contributed by atoms with van der Waals surface area (Å²) < 4.78 is 73.7. The number of alkyl halides is 1. The van der Waals surface area contributed by atoms with Gasteiger partial charge in [-0.05, 0) is 164 Å². The molecule has 0 bridgehead atoms. The van der Waals surface area contributed by atoms with Crippen LogP contribution in [-0.2, 0) is 33.2 Å². The van der Waals surface area contributed by atoms with Crippen molar-refractivity contribution in [2.75, 3.05) is 26.4 Å². The summed E-state index contributed by atoms with van der Waals surface area (Å²) in [6, 6.07) is 6.81. The molecule has 11 atom stereocenters. The molecule has 0 amide bonds. The third-order valence-corrected chi connectivity index (χ3v) is 15.7. The van der Waals surface area contributed by atoms with Crippen LogP contribution in [0.25, 0.3) is 0 Å². The van der Waals surface area contributed by atoms with Gasteiger partial charge < -0.3 is 18.9 Å². The summed E-state index contributed by atoms with van der Waals surface area (Å²) in [5.41, 5.74) is 1.80. The maximum absolute atomic E-state index is 16.8. The largest absolute Gasteiger partial charge is 0.353 e. The summed E-state index contributed by atoms with van der Waals surface area (Å²) >= 11 is 0. The molecule has 1 aliphatic heterocycles. The fraction of sp³-hybridized carbons (Fsp3) is 0.814. The van der Waals surface area contributed by atoms with Crippen molar-refractivity contribution >= 4 is 10.1 Å². The fourth-order valence-corrected chi connectivity index (χ4v) is 12.4. The van der Waals surface area contributed by atoms with E-state index in [1.54, 1.807) is 43.7 Å². The molecule has 0 N–H and O–H groups in total. The van der Waals surface area contributed by atoms with Crippen molar-refractivity contribution in [1.82, 2.24) is 0 Å². The molecule has 0 aromatic heterocycles. The zero-order chi connectivity index (χ0) is 37.1. The third-order valence-electron chi connectivity index (χ3n) is 14.4. The minimum absolute atomic E-state index is 0.0414. The van der Waals surface area contributed by atoms with Gasteiger partial charge in [-0.3, -0.25) is 4.18 Å². The Morgan fingerprint density at radius 3 is 2.52 bits per heavy atom. The van der Waals surface area contributed by atoms with Crippen molar-refractivity contribution in [3.05, 3.63) is 41.5 Å². The van der Waals surface area contributed by atoms with E-state index in [-0.39, 0.29) is 48.1 Å². The highest BCUT2D eigenvalue weighted by Crippen LogP contribution is 2.67. The number of halogens is 1. The van der Waals surface area contributed by atoms with Crippen LogP contribution in [0.3, 0.4) is 0 Å². The number of fused-ring (bicyclic) bond motifs is 5. The first-order chi connectivity index (χ1) is 24.8. The fourth-order valence-electron chi connectivity index (χ4n) is 11.5. The summed E-state index contributed by atoms with van der Waals surface area (Å²) in [5.74, 6) is 2.06. The van der Waals surface area contributed by atoms with E-state index in [4.69, 9.17) is 23.1 Å². The van der Waals surface area contributed by atoms with Crippen molar-refractivity contribution < 1.29 is 35.9 Å². The van der Waals surface area contributed by atoms with Crippen molar-refractivity contribution in [1.29, 1.82) is 0 Å². The molecule has 4 fully saturated rings. The molecule has 1 heterocycles. The number of ether oxygens (including phenoxy) is 4. The standard InChI is InChI=1S/C43H67FO7S/c1-7-47-31(3)51-43(6,29-49-40-13-9-11-27-48-40)39(44)23-16-32(28-50-52(45,46)34-18-14-30(2)15-19-34)36-21-22-37-35-20-17-33-12-8-10-25-41(33,4)38(35)24-26-42(36,37)5/h14-15,17-19,31-32,35-40H,7-13,16,20-29H2,1-6H3/t31?,32-,35-,36+,37-,38-,39?,40?,41-,42+,43?/m0/s1. The third kappa shape index (κ3) is 8.55. The highest BCUT2D eigenvalue weighted by Gasteiger charge is 2.59. The minimum atomic E-state index is -3.98. The lowest BCUT2D eigenvalue weighted by Crippen LogP contribution is -2.50. The van der Waals surface area contributed by atoms with Gasteiger partial charge in [0.2, 0.25) is 0 Å². The molecule has 4 unspecified atom stereocenters. The van der Waals surface area contributed by atoms with Gasteiger partial charge in [-0.1, -0.05) is 49.6 Å². The highest BCUT2D eigenvalue weighted by atomic mass is 32.2. The summed E-state index contributed by atoms with van der Waals surface area (Å²) in [6.07, 6.45) is 14.6. The molecule has 0 radical (unpaired) electrons. The predicted octanol–water partition coefficient (Wildman–Crippen LogP) is 10.1. The van der Waals surface area contributed by atoms with Gasteiger partial charge in [-0.2, -0.15) is 8.42 Å². The van der Waals surface area contributed by atoms with Crippen LogP contribution in [0.5, 0.6) is 0 Å². The molecule has 0 spiro atoms. The molecule has 1 aromatic carbocycles. The van der Waals surface area contributed by atoms with Crippen LogP contribution < -0.4 is 0 Å². The second-order valence-electron chi connectivity index (χ2n) is 17.6. The van der Waals surface area contributed by atoms with Gasteiger partial charge in [0.25, 0.3) is 10.1 Å². The van der Waals surface area contributed by atoms with Crippen LogP contribution >= 0.6 is 0 Å². The lowest BCUT2D eigenvalue weighted by atomic mass is 9.47. The smallest absolute Gasteiger partial charge is 0.296 e. The lowest BCUT2D eigenvalue weighted by Gasteiger charge is -2.58. The Bertz CT molecular complexity index is 1460. The average Bonchev–Trinajstić information content (AvgIpc) is 3.48. The maximum Gasteiger partial charge on any atom is 0.296 e. The second-order valence-corrected chi connectivity index (χ2v) is 19.2. The Balaban J connectivity index is 1.22. The topological polar surface area (TPSA) is 80.3 Å². The highest BCUT2D eigenvalue weighted by molar-refractivity contribution is 7.86. The van der Waals surface area contributed by atoms with E-state index in [0.29, 0.717) is 36.9 Å². The predicted molar refractivity (Wildman–Crippen MR) is 202 cm³/mol. The SMILES string of the molecule is CCOC(C)OC(C)(COC1CCCCO1)C(F)CC[C@@H](COS(=O)(=O)c1ccc(C)cc1)[C@H]1CC[C@H]2[C@@H]3CC=C4CCCC[C@]4(C)[C@H]3CC[C@]12C. The zero-order valence-corrected chi connectivity index (χ0v) is 33.7. The van der Waals surface area contributed by atoms with Crippen molar-refractivity contribution in [3.8, 4) is 0 Å². The molecule has 1 aromatic rings. The van der Waals surface area contributed by atoms with E-state index in [2.05, 4.69) is 19.9 Å². The van der Waals surface area contributed by atoms with Crippen LogP contribution in [0.1, 0.15) is 130 Å². The van der Waals surface area contributed by atoms with E-state index in [1.165, 1.54) is 32.1 Å². The van der Waals surface area contributed by atoms with Gasteiger partial charge in [-0.25, -0.2) is 4.39 Å². The molecule has 7 nitrogen and oxygen atoms in total. The van der Waals surface area contributed by atoms with Crippen LogP contribution in [0.4, 0.5) is 4.39 Å². The second kappa shape index (κ2) is 16.8. The molecule has 52 heavy (non-hydrogen) atoms. The van der Waals surface area contributed by atoms with E-state index < -0.39 is 28.2 Å². The van der Waals surface area contributed by atoms with Gasteiger partial charge in [0.05, 0.1) is 18.1 Å². The number of allylic oxidation sites excluding steroid dienone is 2. The molecule has 4 aliphatic carbocycles. The number of hydrogen-bond donors (Lipinski definition) is 0. The first-order valence-electron chi connectivity index (χ1n) is 20.6. The molecule has 294 valence electrons. The molecular formula is C43H67FO7S. The molecule has 6 rings (SSSR count). The summed E-state index contributed by atoms with van der Waals surface area (Å²) in [6.45, 7) is 13.6. The molecule has 1 saturated heterocycles. The van der Waals surface area contributed by atoms with Crippen LogP contribution in [0, 0.1) is 47.3 Å². The van der Waals surface area contributed by atoms with Crippen LogP contribution in [-0.4, -0.2) is 59.2 Å². The first kappa shape index (κ1) is 40.3. The van der Waals surface area contributed by atoms with Crippen LogP contribution in [0.2, 0.25) is 0 Å². The van der Waals surface area contributed by atoms with E-state index >= 15 is 4.39 Å². The van der Waals surface area contributed by atoms with E-state index in [9.17, 15) is 8.42 Å². The molecule has 3 saturated carbocycles.